The lowest BCUT2D eigenvalue weighted by atomic mass is 10.1. The topological polar surface area (TPSA) is 84.1 Å². The van der Waals surface area contributed by atoms with Crippen LogP contribution in [0.25, 0.3) is 17.0 Å². The zero-order valence-corrected chi connectivity index (χ0v) is 13.1. The van der Waals surface area contributed by atoms with Crippen molar-refractivity contribution in [1.29, 1.82) is 0 Å². The molecule has 5 nitrogen and oxygen atoms in total. The van der Waals surface area contributed by atoms with E-state index in [2.05, 4.69) is 21.9 Å². The van der Waals surface area contributed by atoms with E-state index in [1.807, 2.05) is 54.6 Å². The van der Waals surface area contributed by atoms with Crippen molar-refractivity contribution >= 4 is 17.2 Å². The molecule has 0 saturated heterocycles. The smallest absolute Gasteiger partial charge is 0.151 e. The Morgan fingerprint density at radius 3 is 2.46 bits per heavy atom. The molecule has 4 N–H and O–H groups in total. The van der Waals surface area contributed by atoms with E-state index in [1.54, 1.807) is 6.20 Å². The first kappa shape index (κ1) is 15.7. The Morgan fingerprint density at radius 1 is 1.08 bits per heavy atom. The van der Waals surface area contributed by atoms with Crippen LogP contribution in [-0.4, -0.2) is 15.1 Å². The highest BCUT2D eigenvalue weighted by Crippen LogP contribution is 2.23. The number of benzene rings is 2. The third-order valence-electron chi connectivity index (χ3n) is 3.59. The van der Waals surface area contributed by atoms with Gasteiger partial charge in [-0.25, -0.2) is 9.97 Å². The van der Waals surface area contributed by atoms with Crippen LogP contribution in [-0.2, 0) is 6.61 Å². The number of anilines is 2. The standard InChI is InChI=1S/C19H18N4O/c1-13(22-16-5-3-2-4-6-16)18-19(20)21-11-17(23-18)15-9-7-14(12-24)8-10-15/h2-11,22,24H,1,12H2,(H2,20,21). The van der Waals surface area contributed by atoms with Crippen molar-refractivity contribution in [2.45, 2.75) is 6.61 Å². The lowest BCUT2D eigenvalue weighted by Gasteiger charge is -2.12. The quantitative estimate of drug-likeness (QED) is 0.672. The minimum absolute atomic E-state index is 0.0107. The van der Waals surface area contributed by atoms with Crippen LogP contribution in [0.3, 0.4) is 0 Å². The summed E-state index contributed by atoms with van der Waals surface area (Å²) in [4.78, 5) is 8.81. The molecule has 0 unspecified atom stereocenters. The van der Waals surface area contributed by atoms with Crippen molar-refractivity contribution in [2.24, 2.45) is 0 Å². The van der Waals surface area contributed by atoms with Crippen molar-refractivity contribution in [3.63, 3.8) is 0 Å². The molecule has 0 fully saturated rings. The molecule has 0 radical (unpaired) electrons. The maximum absolute atomic E-state index is 9.13. The molecule has 24 heavy (non-hydrogen) atoms. The van der Waals surface area contributed by atoms with Gasteiger partial charge in [0.05, 0.1) is 24.2 Å². The van der Waals surface area contributed by atoms with Gasteiger partial charge < -0.3 is 16.2 Å². The first-order chi connectivity index (χ1) is 11.7. The van der Waals surface area contributed by atoms with Crippen molar-refractivity contribution in [2.75, 3.05) is 11.1 Å². The van der Waals surface area contributed by atoms with Crippen LogP contribution < -0.4 is 11.1 Å². The minimum atomic E-state index is 0.0107. The predicted octanol–water partition coefficient (Wildman–Crippen LogP) is 3.30. The third kappa shape index (κ3) is 3.42. The van der Waals surface area contributed by atoms with E-state index in [1.165, 1.54) is 0 Å². The van der Waals surface area contributed by atoms with Gasteiger partial charge in [0.2, 0.25) is 0 Å². The summed E-state index contributed by atoms with van der Waals surface area (Å²) in [6, 6.07) is 17.2. The highest BCUT2D eigenvalue weighted by Gasteiger charge is 2.10. The van der Waals surface area contributed by atoms with Gasteiger partial charge in [-0.2, -0.15) is 0 Å². The number of rotatable bonds is 5. The molecule has 3 aromatic rings. The number of aliphatic hydroxyl groups is 1. The molecule has 0 saturated carbocycles. The van der Waals surface area contributed by atoms with E-state index in [4.69, 9.17) is 10.8 Å². The summed E-state index contributed by atoms with van der Waals surface area (Å²) in [5.74, 6) is 0.319. The Kier molecular flexibility index (Phi) is 4.54. The van der Waals surface area contributed by atoms with E-state index in [-0.39, 0.29) is 6.61 Å². The second-order valence-corrected chi connectivity index (χ2v) is 5.31. The van der Waals surface area contributed by atoms with Crippen LogP contribution in [0.15, 0.2) is 67.4 Å². The van der Waals surface area contributed by atoms with Gasteiger partial charge in [-0.3, -0.25) is 0 Å². The molecular formula is C19H18N4O. The fourth-order valence-electron chi connectivity index (χ4n) is 2.30. The molecule has 0 aliphatic carbocycles. The highest BCUT2D eigenvalue weighted by molar-refractivity contribution is 5.79. The van der Waals surface area contributed by atoms with E-state index in [0.717, 1.165) is 16.8 Å². The van der Waals surface area contributed by atoms with Crippen LogP contribution in [0.2, 0.25) is 0 Å². The van der Waals surface area contributed by atoms with Crippen LogP contribution in [0.4, 0.5) is 11.5 Å². The maximum Gasteiger partial charge on any atom is 0.151 e. The Balaban J connectivity index is 1.89. The number of nitrogens with zero attached hydrogens (tertiary/aromatic N) is 2. The minimum Gasteiger partial charge on any atom is -0.392 e. The molecule has 0 aliphatic rings. The van der Waals surface area contributed by atoms with Gasteiger partial charge in [0.25, 0.3) is 0 Å². The fraction of sp³-hybridized carbons (Fsp3) is 0.0526. The van der Waals surface area contributed by atoms with Crippen LogP contribution in [0.1, 0.15) is 11.3 Å². The molecule has 1 aromatic heterocycles. The summed E-state index contributed by atoms with van der Waals surface area (Å²) < 4.78 is 0. The maximum atomic E-state index is 9.13. The highest BCUT2D eigenvalue weighted by atomic mass is 16.3. The van der Waals surface area contributed by atoms with Crippen molar-refractivity contribution < 1.29 is 5.11 Å². The molecule has 120 valence electrons. The molecular weight excluding hydrogens is 300 g/mol. The number of nitrogens with two attached hydrogens (primary N) is 1. The molecule has 5 heteroatoms. The Labute approximate surface area is 140 Å². The summed E-state index contributed by atoms with van der Waals surface area (Å²) in [5.41, 5.74) is 10.4. The summed E-state index contributed by atoms with van der Waals surface area (Å²) in [5, 5.41) is 12.3. The van der Waals surface area contributed by atoms with Crippen LogP contribution >= 0.6 is 0 Å². The lowest BCUT2D eigenvalue weighted by molar-refractivity contribution is 0.282. The predicted molar refractivity (Wildman–Crippen MR) is 96.9 cm³/mol. The molecule has 2 aromatic carbocycles. The molecule has 3 rings (SSSR count). The van der Waals surface area contributed by atoms with E-state index in [9.17, 15) is 0 Å². The van der Waals surface area contributed by atoms with Crippen molar-refractivity contribution in [1.82, 2.24) is 9.97 Å². The second kappa shape index (κ2) is 6.93. The van der Waals surface area contributed by atoms with Gasteiger partial charge in [-0.05, 0) is 17.7 Å². The number of nitrogens with one attached hydrogen (secondary N) is 1. The average Bonchev–Trinajstić information content (AvgIpc) is 2.63. The van der Waals surface area contributed by atoms with E-state index in [0.29, 0.717) is 22.9 Å². The molecule has 0 bridgehead atoms. The average molecular weight is 318 g/mol. The number of para-hydroxylation sites is 1. The van der Waals surface area contributed by atoms with Crippen molar-refractivity contribution in [3.05, 3.63) is 78.6 Å². The third-order valence-corrected chi connectivity index (χ3v) is 3.59. The largest absolute Gasteiger partial charge is 0.392 e. The number of hydrogen-bond acceptors (Lipinski definition) is 5. The van der Waals surface area contributed by atoms with Gasteiger partial charge >= 0.3 is 0 Å². The van der Waals surface area contributed by atoms with Gasteiger partial charge in [0.15, 0.2) is 5.82 Å². The first-order valence-corrected chi connectivity index (χ1v) is 7.51. The van der Waals surface area contributed by atoms with E-state index >= 15 is 0 Å². The van der Waals surface area contributed by atoms with Crippen LogP contribution in [0.5, 0.6) is 0 Å². The van der Waals surface area contributed by atoms with Gasteiger partial charge in [0.1, 0.15) is 5.69 Å². The Morgan fingerprint density at radius 2 is 1.79 bits per heavy atom. The van der Waals surface area contributed by atoms with Gasteiger partial charge in [-0.1, -0.05) is 49.0 Å². The molecule has 0 spiro atoms. The summed E-state index contributed by atoms with van der Waals surface area (Å²) >= 11 is 0. The lowest BCUT2D eigenvalue weighted by Crippen LogP contribution is -2.06. The number of aliphatic hydroxyl groups excluding tert-OH is 1. The molecule has 0 atom stereocenters. The normalized spacial score (nSPS) is 10.4. The first-order valence-electron chi connectivity index (χ1n) is 7.51. The SMILES string of the molecule is C=C(Nc1ccccc1)c1nc(-c2ccc(CO)cc2)cnc1N. The van der Waals surface area contributed by atoms with Crippen LogP contribution in [0, 0.1) is 0 Å². The molecule has 0 aliphatic heterocycles. The number of aromatic nitrogens is 2. The van der Waals surface area contributed by atoms with Crippen molar-refractivity contribution in [3.8, 4) is 11.3 Å². The molecule has 1 heterocycles. The molecule has 0 amide bonds. The summed E-state index contributed by atoms with van der Waals surface area (Å²) in [6.45, 7) is 4.03. The van der Waals surface area contributed by atoms with Gasteiger partial charge in [0, 0.05) is 11.3 Å². The van der Waals surface area contributed by atoms with Gasteiger partial charge in [-0.15, -0.1) is 0 Å². The Bertz CT molecular complexity index is 845. The summed E-state index contributed by atoms with van der Waals surface area (Å²) in [6.07, 6.45) is 1.63. The number of hydrogen-bond donors (Lipinski definition) is 3. The zero-order valence-electron chi connectivity index (χ0n) is 13.1. The van der Waals surface area contributed by atoms with E-state index < -0.39 is 0 Å². The second-order valence-electron chi connectivity index (χ2n) is 5.31. The summed E-state index contributed by atoms with van der Waals surface area (Å²) in [7, 11) is 0. The zero-order chi connectivity index (χ0) is 16.9. The fourth-order valence-corrected chi connectivity index (χ4v) is 2.30. The number of nitrogen functional groups attached to an aromatic ring is 1. The Hall–Kier alpha value is -3.18. The monoisotopic (exact) mass is 318 g/mol.